The summed E-state index contributed by atoms with van der Waals surface area (Å²) in [5.74, 6) is 0. The molecule has 2 aromatic rings. The van der Waals surface area contributed by atoms with Crippen LogP contribution < -0.4 is 5.73 Å². The average Bonchev–Trinajstić information content (AvgIpc) is 2.40. The van der Waals surface area contributed by atoms with Crippen LogP contribution in [0.25, 0.3) is 0 Å². The van der Waals surface area contributed by atoms with Crippen molar-refractivity contribution in [3.63, 3.8) is 0 Å². The molecule has 1 atom stereocenters. The molecule has 0 aliphatic carbocycles. The normalized spacial score (nSPS) is 12.6. The Morgan fingerprint density at radius 2 is 1.25 bits per heavy atom. The van der Waals surface area contributed by atoms with Crippen molar-refractivity contribution in [3.8, 4) is 0 Å². The van der Waals surface area contributed by atoms with Crippen LogP contribution in [-0.4, -0.2) is 0 Å². The van der Waals surface area contributed by atoms with E-state index >= 15 is 0 Å². The van der Waals surface area contributed by atoms with Crippen molar-refractivity contribution in [3.05, 3.63) is 68.8 Å². The van der Waals surface area contributed by atoms with E-state index in [1.807, 2.05) is 0 Å². The van der Waals surface area contributed by atoms with Crippen molar-refractivity contribution in [2.75, 3.05) is 0 Å². The fourth-order valence-electron chi connectivity index (χ4n) is 2.84. The molecule has 0 heterocycles. The van der Waals surface area contributed by atoms with Crippen LogP contribution in [0.5, 0.6) is 0 Å². The predicted octanol–water partition coefficient (Wildman–Crippen LogP) is 4.59. The molecule has 0 fully saturated rings. The van der Waals surface area contributed by atoms with E-state index in [2.05, 4.69) is 65.8 Å². The molecule has 2 rings (SSSR count). The molecule has 2 N–H and O–H groups in total. The Hall–Kier alpha value is -1.60. The van der Waals surface area contributed by atoms with E-state index in [1.165, 1.54) is 44.5 Å². The highest BCUT2D eigenvalue weighted by Crippen LogP contribution is 2.30. The minimum absolute atomic E-state index is 0.0482. The highest BCUT2D eigenvalue weighted by molar-refractivity contribution is 5.49. The van der Waals surface area contributed by atoms with Crippen molar-refractivity contribution in [1.82, 2.24) is 0 Å². The summed E-state index contributed by atoms with van der Waals surface area (Å²) in [6.45, 7) is 13.0. The van der Waals surface area contributed by atoms with E-state index in [4.69, 9.17) is 5.73 Å². The fourth-order valence-corrected chi connectivity index (χ4v) is 2.84. The highest BCUT2D eigenvalue weighted by Gasteiger charge is 2.17. The molecule has 20 heavy (non-hydrogen) atoms. The molecule has 0 spiro atoms. The third-order valence-electron chi connectivity index (χ3n) is 4.63. The molecule has 1 heteroatoms. The molecule has 0 aromatic heterocycles. The lowest BCUT2D eigenvalue weighted by Crippen LogP contribution is -2.16. The smallest absolute Gasteiger partial charge is 0.0557 e. The van der Waals surface area contributed by atoms with Gasteiger partial charge in [-0.1, -0.05) is 24.3 Å². The van der Waals surface area contributed by atoms with Gasteiger partial charge in [0.15, 0.2) is 0 Å². The summed E-state index contributed by atoms with van der Waals surface area (Å²) in [6.07, 6.45) is 0. The molecule has 2 aromatic carbocycles. The predicted molar refractivity (Wildman–Crippen MR) is 87.3 cm³/mol. The topological polar surface area (TPSA) is 26.0 Å². The largest absolute Gasteiger partial charge is 0.320 e. The van der Waals surface area contributed by atoms with Crippen LogP contribution in [0.15, 0.2) is 24.3 Å². The number of rotatable bonds is 2. The summed E-state index contributed by atoms with van der Waals surface area (Å²) in [5.41, 5.74) is 17.0. The van der Waals surface area contributed by atoms with E-state index in [0.29, 0.717) is 0 Å². The van der Waals surface area contributed by atoms with Crippen LogP contribution in [0, 0.1) is 41.5 Å². The number of nitrogens with two attached hydrogens (primary N) is 1. The van der Waals surface area contributed by atoms with Gasteiger partial charge < -0.3 is 5.73 Å². The molecule has 0 amide bonds. The second-order valence-electron chi connectivity index (χ2n) is 6.00. The van der Waals surface area contributed by atoms with Crippen LogP contribution in [0.2, 0.25) is 0 Å². The monoisotopic (exact) mass is 267 g/mol. The lowest BCUT2D eigenvalue weighted by atomic mass is 9.86. The lowest BCUT2D eigenvalue weighted by molar-refractivity contribution is 0.843. The van der Waals surface area contributed by atoms with E-state index in [-0.39, 0.29) is 6.04 Å². The zero-order chi connectivity index (χ0) is 15.0. The van der Waals surface area contributed by atoms with Gasteiger partial charge in [0, 0.05) is 0 Å². The molecule has 106 valence electrons. The Morgan fingerprint density at radius 1 is 0.700 bits per heavy atom. The zero-order valence-corrected chi connectivity index (χ0v) is 13.5. The maximum Gasteiger partial charge on any atom is 0.0557 e. The van der Waals surface area contributed by atoms with Gasteiger partial charge in [-0.3, -0.25) is 0 Å². The van der Waals surface area contributed by atoms with Crippen LogP contribution in [0.1, 0.15) is 50.5 Å². The third kappa shape index (κ3) is 2.51. The van der Waals surface area contributed by atoms with Gasteiger partial charge in [0.1, 0.15) is 0 Å². The summed E-state index contributed by atoms with van der Waals surface area (Å²) in [7, 11) is 0. The van der Waals surface area contributed by atoms with E-state index < -0.39 is 0 Å². The van der Waals surface area contributed by atoms with Gasteiger partial charge in [0.25, 0.3) is 0 Å². The molecule has 0 aliphatic heterocycles. The maximum absolute atomic E-state index is 6.57. The number of hydrogen-bond acceptors (Lipinski definition) is 1. The Morgan fingerprint density at radius 3 is 1.75 bits per heavy atom. The molecule has 0 radical (unpaired) electrons. The van der Waals surface area contributed by atoms with Gasteiger partial charge in [-0.15, -0.1) is 0 Å². The Labute approximate surface area is 122 Å². The second-order valence-corrected chi connectivity index (χ2v) is 6.00. The molecule has 0 saturated carbocycles. The first-order chi connectivity index (χ1) is 9.32. The van der Waals surface area contributed by atoms with Gasteiger partial charge in [-0.25, -0.2) is 0 Å². The second kappa shape index (κ2) is 5.41. The first-order valence-corrected chi connectivity index (χ1v) is 7.23. The first kappa shape index (κ1) is 14.8. The van der Waals surface area contributed by atoms with Crippen LogP contribution in [0.3, 0.4) is 0 Å². The SMILES string of the molecule is Cc1ccc(C(N)c2c(C)c(C)cc(C)c2C)cc1C. The fraction of sp³-hybridized carbons (Fsp3) is 0.368. The van der Waals surface area contributed by atoms with E-state index in [1.54, 1.807) is 0 Å². The summed E-state index contributed by atoms with van der Waals surface area (Å²) < 4.78 is 0. The van der Waals surface area contributed by atoms with E-state index in [9.17, 15) is 0 Å². The van der Waals surface area contributed by atoms with Crippen molar-refractivity contribution in [2.45, 2.75) is 47.6 Å². The van der Waals surface area contributed by atoms with Crippen LogP contribution >= 0.6 is 0 Å². The molecule has 0 saturated heterocycles. The van der Waals surface area contributed by atoms with Crippen molar-refractivity contribution in [1.29, 1.82) is 0 Å². The zero-order valence-electron chi connectivity index (χ0n) is 13.5. The van der Waals surface area contributed by atoms with Gasteiger partial charge in [-0.2, -0.15) is 0 Å². The summed E-state index contributed by atoms with van der Waals surface area (Å²) in [6, 6.07) is 8.74. The molecular formula is C19H25N. The average molecular weight is 267 g/mol. The van der Waals surface area contributed by atoms with Crippen molar-refractivity contribution in [2.24, 2.45) is 5.73 Å². The summed E-state index contributed by atoms with van der Waals surface area (Å²) >= 11 is 0. The molecular weight excluding hydrogens is 242 g/mol. The number of aryl methyl sites for hydroxylation is 4. The van der Waals surface area contributed by atoms with Crippen LogP contribution in [-0.2, 0) is 0 Å². The highest BCUT2D eigenvalue weighted by atomic mass is 14.6. The first-order valence-electron chi connectivity index (χ1n) is 7.23. The summed E-state index contributed by atoms with van der Waals surface area (Å²) in [5, 5.41) is 0. The van der Waals surface area contributed by atoms with Crippen molar-refractivity contribution < 1.29 is 0 Å². The maximum atomic E-state index is 6.57. The van der Waals surface area contributed by atoms with Gasteiger partial charge in [0.2, 0.25) is 0 Å². The van der Waals surface area contributed by atoms with Gasteiger partial charge >= 0.3 is 0 Å². The van der Waals surface area contributed by atoms with Crippen molar-refractivity contribution >= 4 is 0 Å². The number of benzene rings is 2. The summed E-state index contributed by atoms with van der Waals surface area (Å²) in [4.78, 5) is 0. The Balaban J connectivity index is 2.58. The molecule has 1 unspecified atom stereocenters. The van der Waals surface area contributed by atoms with E-state index in [0.717, 1.165) is 0 Å². The Bertz CT molecular complexity index is 627. The van der Waals surface area contributed by atoms with Gasteiger partial charge in [0.05, 0.1) is 6.04 Å². The molecule has 1 nitrogen and oxygen atoms in total. The lowest BCUT2D eigenvalue weighted by Gasteiger charge is -2.22. The van der Waals surface area contributed by atoms with Gasteiger partial charge in [-0.05, 0) is 86.1 Å². The Kier molecular flexibility index (Phi) is 4.01. The quantitative estimate of drug-likeness (QED) is 0.846. The minimum atomic E-state index is -0.0482. The third-order valence-corrected chi connectivity index (χ3v) is 4.63. The minimum Gasteiger partial charge on any atom is -0.320 e. The standard InChI is InChI=1S/C19H25N/c1-11-7-8-17(10-12(11)2)19(20)18-15(5)13(3)9-14(4)16(18)6/h7-10,19H,20H2,1-6H3. The van der Waals surface area contributed by atoms with Crippen LogP contribution in [0.4, 0.5) is 0 Å². The number of hydrogen-bond donors (Lipinski definition) is 1. The molecule has 0 bridgehead atoms. The molecule has 0 aliphatic rings.